The number of rotatable bonds is 6. The first-order valence-electron chi connectivity index (χ1n) is 6.48. The van der Waals surface area contributed by atoms with Gasteiger partial charge < -0.3 is 5.73 Å². The molecule has 1 rings (SSSR count). The topological polar surface area (TPSA) is 63.4 Å². The van der Waals surface area contributed by atoms with Gasteiger partial charge >= 0.3 is 0 Å². The molecular weight excluding hydrogens is 347 g/mol. The number of nitrogens with two attached hydrogens (primary N) is 1. The van der Waals surface area contributed by atoms with Crippen LogP contribution in [0.2, 0.25) is 0 Å². The molecular formula is C13H20BrFN2O2S. The van der Waals surface area contributed by atoms with Gasteiger partial charge in [-0.15, -0.1) is 0 Å². The second-order valence-electron chi connectivity index (χ2n) is 4.77. The first kappa shape index (κ1) is 17.4. The van der Waals surface area contributed by atoms with Gasteiger partial charge in [-0.3, -0.25) is 0 Å². The van der Waals surface area contributed by atoms with E-state index >= 15 is 0 Å². The summed E-state index contributed by atoms with van der Waals surface area (Å²) in [6, 6.07) is 2.24. The van der Waals surface area contributed by atoms with Gasteiger partial charge in [0.2, 0.25) is 10.0 Å². The number of halogens is 2. The van der Waals surface area contributed by atoms with Crippen LogP contribution >= 0.6 is 15.9 Å². The Bertz CT molecular complexity index is 578. The summed E-state index contributed by atoms with van der Waals surface area (Å²) in [5.74, 6) is -0.387. The summed E-state index contributed by atoms with van der Waals surface area (Å²) in [6.45, 7) is 6.57. The lowest BCUT2D eigenvalue weighted by atomic mass is 10.1. The van der Waals surface area contributed by atoms with Gasteiger partial charge in [-0.2, -0.15) is 4.31 Å². The molecule has 4 nitrogen and oxygen atoms in total. The number of anilines is 1. The fourth-order valence-corrected chi connectivity index (χ4v) is 4.33. The molecule has 0 aromatic heterocycles. The summed E-state index contributed by atoms with van der Waals surface area (Å²) in [5, 5.41) is 0. The van der Waals surface area contributed by atoms with Crippen molar-refractivity contribution in [3.05, 3.63) is 22.4 Å². The molecule has 1 aromatic rings. The lowest BCUT2D eigenvalue weighted by Gasteiger charge is -2.24. The maximum atomic E-state index is 13.3. The molecule has 0 aliphatic carbocycles. The second kappa shape index (κ2) is 6.87. The zero-order valence-electron chi connectivity index (χ0n) is 11.9. The average Bonchev–Trinajstić information content (AvgIpc) is 2.39. The van der Waals surface area contributed by atoms with E-state index in [1.807, 2.05) is 13.8 Å². The molecule has 114 valence electrons. The molecule has 2 N–H and O–H groups in total. The highest BCUT2D eigenvalue weighted by atomic mass is 79.9. The van der Waals surface area contributed by atoms with Gasteiger partial charge in [0.05, 0.1) is 10.6 Å². The minimum Gasteiger partial charge on any atom is -0.396 e. The molecule has 7 heteroatoms. The van der Waals surface area contributed by atoms with Crippen molar-refractivity contribution in [2.75, 3.05) is 18.8 Å². The minimum atomic E-state index is -3.69. The Morgan fingerprint density at radius 1 is 1.40 bits per heavy atom. The van der Waals surface area contributed by atoms with Crippen LogP contribution in [0.25, 0.3) is 0 Å². The van der Waals surface area contributed by atoms with Crippen LogP contribution in [0, 0.1) is 11.7 Å². The van der Waals surface area contributed by atoms with E-state index < -0.39 is 15.8 Å². The van der Waals surface area contributed by atoms with E-state index in [0.717, 1.165) is 18.6 Å². The van der Waals surface area contributed by atoms with Crippen LogP contribution in [0.1, 0.15) is 27.2 Å². The van der Waals surface area contributed by atoms with E-state index in [9.17, 15) is 12.8 Å². The van der Waals surface area contributed by atoms with Crippen LogP contribution in [0.4, 0.5) is 10.1 Å². The van der Waals surface area contributed by atoms with Crippen LogP contribution < -0.4 is 5.73 Å². The quantitative estimate of drug-likeness (QED) is 0.786. The van der Waals surface area contributed by atoms with Crippen molar-refractivity contribution in [2.24, 2.45) is 5.92 Å². The zero-order chi connectivity index (χ0) is 15.5. The minimum absolute atomic E-state index is 0.00144. The average molecular weight is 367 g/mol. The third-order valence-corrected chi connectivity index (χ3v) is 6.13. The van der Waals surface area contributed by atoms with Crippen molar-refractivity contribution in [1.29, 1.82) is 0 Å². The van der Waals surface area contributed by atoms with E-state index in [1.165, 1.54) is 4.31 Å². The van der Waals surface area contributed by atoms with E-state index in [0.29, 0.717) is 13.1 Å². The molecule has 0 fully saturated rings. The number of nitrogens with zero attached hydrogens (tertiary/aromatic N) is 1. The van der Waals surface area contributed by atoms with E-state index in [4.69, 9.17) is 5.73 Å². The van der Waals surface area contributed by atoms with Gasteiger partial charge in [0.15, 0.2) is 0 Å². The number of sulfonamides is 1. The molecule has 1 atom stereocenters. The van der Waals surface area contributed by atoms with Gasteiger partial charge in [-0.1, -0.05) is 27.2 Å². The maximum absolute atomic E-state index is 13.3. The van der Waals surface area contributed by atoms with Crippen LogP contribution in [-0.2, 0) is 10.0 Å². The molecule has 0 radical (unpaired) electrons. The summed E-state index contributed by atoms with van der Waals surface area (Å²) in [4.78, 5) is 0.00144. The van der Waals surface area contributed by atoms with Crippen molar-refractivity contribution in [2.45, 2.75) is 32.1 Å². The zero-order valence-corrected chi connectivity index (χ0v) is 14.3. The molecule has 0 bridgehead atoms. The molecule has 1 unspecified atom stereocenters. The van der Waals surface area contributed by atoms with Crippen LogP contribution in [0.15, 0.2) is 21.5 Å². The molecule has 0 saturated heterocycles. The normalized spacial score (nSPS) is 13.7. The molecule has 20 heavy (non-hydrogen) atoms. The smallest absolute Gasteiger partial charge is 0.244 e. The second-order valence-corrected chi connectivity index (χ2v) is 7.53. The number of nitrogen functional groups attached to an aromatic ring is 1. The Labute approximate surface area is 128 Å². The van der Waals surface area contributed by atoms with Gasteiger partial charge in [0.1, 0.15) is 5.82 Å². The number of hydrogen-bond donors (Lipinski definition) is 1. The molecule has 0 saturated carbocycles. The summed E-state index contributed by atoms with van der Waals surface area (Å²) in [6.07, 6.45) is 0.888. The van der Waals surface area contributed by atoms with Crippen molar-refractivity contribution in [1.82, 2.24) is 4.31 Å². The molecule has 0 spiro atoms. The maximum Gasteiger partial charge on any atom is 0.244 e. The lowest BCUT2D eigenvalue weighted by molar-refractivity contribution is 0.361. The van der Waals surface area contributed by atoms with Crippen molar-refractivity contribution in [3.63, 3.8) is 0 Å². The number of benzene rings is 1. The monoisotopic (exact) mass is 366 g/mol. The Hall–Kier alpha value is -0.660. The van der Waals surface area contributed by atoms with E-state index in [2.05, 4.69) is 15.9 Å². The molecule has 0 aliphatic heterocycles. The summed E-state index contributed by atoms with van der Waals surface area (Å²) in [5.41, 5.74) is 5.30. The summed E-state index contributed by atoms with van der Waals surface area (Å²) >= 11 is 3.10. The van der Waals surface area contributed by atoms with Crippen molar-refractivity contribution in [3.8, 4) is 0 Å². The van der Waals surface area contributed by atoms with Crippen LogP contribution in [-0.4, -0.2) is 25.8 Å². The largest absolute Gasteiger partial charge is 0.396 e. The summed E-state index contributed by atoms with van der Waals surface area (Å²) < 4.78 is 40.1. The highest BCUT2D eigenvalue weighted by Gasteiger charge is 2.27. The third kappa shape index (κ3) is 3.71. The van der Waals surface area contributed by atoms with Gasteiger partial charge in [0.25, 0.3) is 0 Å². The van der Waals surface area contributed by atoms with Crippen molar-refractivity contribution < 1.29 is 12.8 Å². The first-order chi connectivity index (χ1) is 9.23. The Kier molecular flexibility index (Phi) is 5.97. The Morgan fingerprint density at radius 2 is 2.00 bits per heavy atom. The third-order valence-electron chi connectivity index (χ3n) is 3.23. The highest BCUT2D eigenvalue weighted by molar-refractivity contribution is 9.10. The highest BCUT2D eigenvalue weighted by Crippen LogP contribution is 2.29. The fraction of sp³-hybridized carbons (Fsp3) is 0.538. The fourth-order valence-electron chi connectivity index (χ4n) is 1.76. The SMILES string of the molecule is CCC(C)CN(CC)S(=O)(=O)c1cc(N)c(F)cc1Br. The van der Waals surface area contributed by atoms with E-state index in [-0.39, 0.29) is 21.0 Å². The van der Waals surface area contributed by atoms with Crippen LogP contribution in [0.5, 0.6) is 0 Å². The van der Waals surface area contributed by atoms with Gasteiger partial charge in [-0.05, 0) is 34.0 Å². The van der Waals surface area contributed by atoms with Gasteiger partial charge in [0, 0.05) is 17.6 Å². The summed E-state index contributed by atoms with van der Waals surface area (Å²) in [7, 11) is -3.69. The molecule has 0 amide bonds. The van der Waals surface area contributed by atoms with Gasteiger partial charge in [-0.25, -0.2) is 12.8 Å². The van der Waals surface area contributed by atoms with E-state index in [1.54, 1.807) is 6.92 Å². The lowest BCUT2D eigenvalue weighted by Crippen LogP contribution is -2.34. The predicted molar refractivity (Wildman–Crippen MR) is 82.4 cm³/mol. The number of hydrogen-bond acceptors (Lipinski definition) is 3. The van der Waals surface area contributed by atoms with Crippen molar-refractivity contribution >= 4 is 31.6 Å². The molecule has 1 aromatic carbocycles. The first-order valence-corrected chi connectivity index (χ1v) is 8.71. The standard InChI is InChI=1S/C13H20BrFN2O2S/c1-4-9(3)8-17(5-2)20(18,19)13-7-12(16)11(15)6-10(13)14/h6-7,9H,4-5,8,16H2,1-3H3. The molecule has 0 heterocycles. The Morgan fingerprint density at radius 3 is 2.50 bits per heavy atom. The predicted octanol–water partition coefficient (Wildman–Crippen LogP) is 3.23. The Balaban J connectivity index is 3.24. The molecule has 0 aliphatic rings. The van der Waals surface area contributed by atoms with Crippen LogP contribution in [0.3, 0.4) is 0 Å².